The summed E-state index contributed by atoms with van der Waals surface area (Å²) in [6, 6.07) is 8.51. The fourth-order valence-electron chi connectivity index (χ4n) is 4.13. The summed E-state index contributed by atoms with van der Waals surface area (Å²) in [6.45, 7) is 8.46. The number of nitrogens with zero attached hydrogens (tertiary/aromatic N) is 6. The average molecular weight is 410 g/mol. The van der Waals surface area contributed by atoms with Crippen molar-refractivity contribution in [2.24, 2.45) is 7.05 Å². The monoisotopic (exact) mass is 409 g/mol. The number of imidazole rings is 1. The van der Waals surface area contributed by atoms with E-state index in [1.165, 1.54) is 5.69 Å². The molecule has 0 bridgehead atoms. The molecule has 1 saturated heterocycles. The average Bonchev–Trinajstić information content (AvgIpc) is 3.01. The number of fused-ring (bicyclic) bond motifs is 1. The molecule has 4 rings (SSSR count). The predicted molar refractivity (Wildman–Crippen MR) is 122 cm³/mol. The molecule has 3 heterocycles. The van der Waals surface area contributed by atoms with E-state index in [9.17, 15) is 4.79 Å². The van der Waals surface area contributed by atoms with Gasteiger partial charge in [-0.15, -0.1) is 0 Å². The fourth-order valence-corrected chi connectivity index (χ4v) is 4.13. The predicted octanol–water partition coefficient (Wildman–Crippen LogP) is 2.99. The number of aromatic nitrogens is 4. The minimum atomic E-state index is -0.0401. The van der Waals surface area contributed by atoms with E-state index in [1.807, 2.05) is 0 Å². The van der Waals surface area contributed by atoms with Gasteiger partial charge < -0.3 is 15.1 Å². The standard InChI is InChI=1S/C22H31N7O/c1-5-17(6-2)29-20-19(27(4)22(29)30)15-23-21(25-20)24-16-7-9-18(10-8-16)28-13-11-26(3)12-14-28/h7-10,15,17H,5-6,11-14H2,1-4H3,(H,23,24,25). The molecule has 30 heavy (non-hydrogen) atoms. The van der Waals surface area contributed by atoms with Gasteiger partial charge in [0.05, 0.1) is 6.20 Å². The molecule has 1 aromatic carbocycles. The van der Waals surface area contributed by atoms with Gasteiger partial charge in [-0.25, -0.2) is 9.78 Å². The topological polar surface area (TPSA) is 71.2 Å². The number of piperazine rings is 1. The summed E-state index contributed by atoms with van der Waals surface area (Å²) in [5.41, 5.74) is 3.56. The van der Waals surface area contributed by atoms with E-state index in [0.29, 0.717) is 11.6 Å². The van der Waals surface area contributed by atoms with E-state index in [0.717, 1.165) is 50.2 Å². The molecule has 0 saturated carbocycles. The maximum Gasteiger partial charge on any atom is 0.330 e. The fraction of sp³-hybridized carbons (Fsp3) is 0.500. The molecule has 1 aliphatic heterocycles. The molecule has 0 spiro atoms. The number of aryl methyl sites for hydroxylation is 1. The van der Waals surface area contributed by atoms with E-state index in [2.05, 4.69) is 65.3 Å². The molecule has 1 fully saturated rings. The van der Waals surface area contributed by atoms with Gasteiger partial charge in [0.15, 0.2) is 5.65 Å². The summed E-state index contributed by atoms with van der Waals surface area (Å²) in [5, 5.41) is 3.29. The largest absolute Gasteiger partial charge is 0.369 e. The van der Waals surface area contributed by atoms with Crippen LogP contribution in [0.15, 0.2) is 35.3 Å². The molecule has 0 unspecified atom stereocenters. The summed E-state index contributed by atoms with van der Waals surface area (Å²) in [6.07, 6.45) is 3.50. The zero-order chi connectivity index (χ0) is 21.3. The van der Waals surface area contributed by atoms with Crippen LogP contribution in [-0.4, -0.2) is 57.2 Å². The summed E-state index contributed by atoms with van der Waals surface area (Å²) in [5.74, 6) is 0.500. The first kappa shape index (κ1) is 20.4. The van der Waals surface area contributed by atoms with E-state index >= 15 is 0 Å². The van der Waals surface area contributed by atoms with Crippen LogP contribution in [0.2, 0.25) is 0 Å². The van der Waals surface area contributed by atoms with Gasteiger partial charge in [-0.05, 0) is 44.2 Å². The van der Waals surface area contributed by atoms with Crippen LogP contribution in [0.3, 0.4) is 0 Å². The van der Waals surface area contributed by atoms with Crippen LogP contribution in [0.25, 0.3) is 11.2 Å². The van der Waals surface area contributed by atoms with Crippen molar-refractivity contribution >= 4 is 28.5 Å². The van der Waals surface area contributed by atoms with Crippen molar-refractivity contribution in [3.8, 4) is 0 Å². The van der Waals surface area contributed by atoms with Gasteiger partial charge in [-0.1, -0.05) is 13.8 Å². The normalized spacial score (nSPS) is 15.3. The summed E-state index contributed by atoms with van der Waals surface area (Å²) in [4.78, 5) is 26.6. The Hall–Kier alpha value is -2.87. The van der Waals surface area contributed by atoms with Crippen LogP contribution in [0.1, 0.15) is 32.7 Å². The van der Waals surface area contributed by atoms with Crippen molar-refractivity contribution in [1.82, 2.24) is 24.0 Å². The van der Waals surface area contributed by atoms with Gasteiger partial charge >= 0.3 is 5.69 Å². The molecule has 0 amide bonds. The first-order chi connectivity index (χ1) is 14.5. The van der Waals surface area contributed by atoms with Crippen LogP contribution in [0, 0.1) is 0 Å². The molecule has 8 nitrogen and oxygen atoms in total. The third-order valence-electron chi connectivity index (χ3n) is 6.13. The Labute approximate surface area is 177 Å². The van der Waals surface area contributed by atoms with Crippen LogP contribution in [0.5, 0.6) is 0 Å². The minimum absolute atomic E-state index is 0.0401. The highest BCUT2D eigenvalue weighted by Crippen LogP contribution is 2.23. The molecule has 0 radical (unpaired) electrons. The molecular weight excluding hydrogens is 378 g/mol. The molecule has 0 aliphatic carbocycles. The number of likely N-dealkylation sites (N-methyl/N-ethyl adjacent to an activating group) is 1. The van der Waals surface area contributed by atoms with Crippen molar-refractivity contribution in [3.05, 3.63) is 40.9 Å². The van der Waals surface area contributed by atoms with Crippen molar-refractivity contribution in [2.45, 2.75) is 32.7 Å². The highest BCUT2D eigenvalue weighted by molar-refractivity contribution is 5.73. The summed E-state index contributed by atoms with van der Waals surface area (Å²) in [7, 11) is 3.94. The highest BCUT2D eigenvalue weighted by Gasteiger charge is 2.19. The van der Waals surface area contributed by atoms with Crippen LogP contribution in [0.4, 0.5) is 17.3 Å². The van der Waals surface area contributed by atoms with Gasteiger partial charge in [0.2, 0.25) is 5.95 Å². The molecule has 1 N–H and O–H groups in total. The molecule has 0 atom stereocenters. The Bertz CT molecular complexity index is 1060. The van der Waals surface area contributed by atoms with Gasteiger partial charge in [0, 0.05) is 50.6 Å². The maximum atomic E-state index is 12.8. The lowest BCUT2D eigenvalue weighted by Gasteiger charge is -2.34. The molecule has 1 aliphatic rings. The molecular formula is C22H31N7O. The number of nitrogens with one attached hydrogen (secondary N) is 1. The molecule has 2 aromatic heterocycles. The second-order valence-corrected chi connectivity index (χ2v) is 8.05. The third kappa shape index (κ3) is 3.79. The molecule has 3 aromatic rings. The first-order valence-corrected chi connectivity index (χ1v) is 10.8. The third-order valence-corrected chi connectivity index (χ3v) is 6.13. The van der Waals surface area contributed by atoms with Crippen LogP contribution >= 0.6 is 0 Å². The summed E-state index contributed by atoms with van der Waals surface area (Å²) >= 11 is 0. The van der Waals surface area contributed by atoms with Crippen molar-refractivity contribution < 1.29 is 0 Å². The second-order valence-electron chi connectivity index (χ2n) is 8.05. The van der Waals surface area contributed by atoms with Gasteiger partial charge in [0.1, 0.15) is 5.52 Å². The van der Waals surface area contributed by atoms with E-state index in [-0.39, 0.29) is 11.7 Å². The summed E-state index contributed by atoms with van der Waals surface area (Å²) < 4.78 is 3.43. The number of hydrogen-bond acceptors (Lipinski definition) is 6. The number of anilines is 3. The van der Waals surface area contributed by atoms with E-state index < -0.39 is 0 Å². The van der Waals surface area contributed by atoms with Gasteiger partial charge in [-0.3, -0.25) is 9.13 Å². The number of benzene rings is 1. The van der Waals surface area contributed by atoms with Crippen LogP contribution in [-0.2, 0) is 7.05 Å². The first-order valence-electron chi connectivity index (χ1n) is 10.8. The van der Waals surface area contributed by atoms with Crippen LogP contribution < -0.4 is 15.9 Å². The Morgan fingerprint density at radius 3 is 2.33 bits per heavy atom. The second kappa shape index (κ2) is 8.47. The Balaban J connectivity index is 1.58. The number of rotatable bonds is 6. The lowest BCUT2D eigenvalue weighted by atomic mass is 10.2. The maximum absolute atomic E-state index is 12.8. The zero-order valence-electron chi connectivity index (χ0n) is 18.3. The minimum Gasteiger partial charge on any atom is -0.369 e. The highest BCUT2D eigenvalue weighted by atomic mass is 16.1. The van der Waals surface area contributed by atoms with Crippen molar-refractivity contribution in [2.75, 3.05) is 43.4 Å². The molecule has 160 valence electrons. The van der Waals surface area contributed by atoms with Crippen molar-refractivity contribution in [3.63, 3.8) is 0 Å². The zero-order valence-corrected chi connectivity index (χ0v) is 18.3. The lowest BCUT2D eigenvalue weighted by molar-refractivity contribution is 0.313. The van der Waals surface area contributed by atoms with E-state index in [4.69, 9.17) is 4.98 Å². The quantitative estimate of drug-likeness (QED) is 0.675. The Morgan fingerprint density at radius 1 is 1.03 bits per heavy atom. The molecule has 8 heteroatoms. The van der Waals surface area contributed by atoms with Gasteiger partial charge in [-0.2, -0.15) is 4.98 Å². The Morgan fingerprint density at radius 2 is 1.70 bits per heavy atom. The lowest BCUT2D eigenvalue weighted by Crippen LogP contribution is -2.44. The Kier molecular flexibility index (Phi) is 5.76. The van der Waals surface area contributed by atoms with Gasteiger partial charge in [0.25, 0.3) is 0 Å². The SMILES string of the molecule is CCC(CC)n1c(=O)n(C)c2cnc(Nc3ccc(N4CCN(C)CC4)cc3)nc21. The van der Waals surface area contributed by atoms with Crippen molar-refractivity contribution in [1.29, 1.82) is 0 Å². The number of hydrogen-bond donors (Lipinski definition) is 1. The van der Waals surface area contributed by atoms with E-state index in [1.54, 1.807) is 22.4 Å². The smallest absolute Gasteiger partial charge is 0.330 e.